The zero-order chi connectivity index (χ0) is 12.2. The summed E-state index contributed by atoms with van der Waals surface area (Å²) in [5, 5.41) is 8.35. The minimum absolute atomic E-state index is 0.299. The maximum Gasteiger partial charge on any atom is 0.133 e. The molecule has 0 saturated carbocycles. The zero-order valence-corrected chi connectivity index (χ0v) is 11.0. The van der Waals surface area contributed by atoms with Gasteiger partial charge in [-0.05, 0) is 38.6 Å². The van der Waals surface area contributed by atoms with Crippen LogP contribution >= 0.6 is 0 Å². The summed E-state index contributed by atoms with van der Waals surface area (Å²) in [6, 6.07) is 0. The third kappa shape index (κ3) is 3.30. The molecule has 92 valence electrons. The van der Waals surface area contributed by atoms with E-state index in [1.807, 2.05) is 6.92 Å². The molecule has 0 spiro atoms. The zero-order valence-electron chi connectivity index (χ0n) is 11.0. The fourth-order valence-corrected chi connectivity index (χ4v) is 1.99. The summed E-state index contributed by atoms with van der Waals surface area (Å²) < 4.78 is 2.18. The second-order valence-corrected chi connectivity index (χ2v) is 5.11. The molecule has 0 atom stereocenters. The predicted octanol–water partition coefficient (Wildman–Crippen LogP) is 1.91. The predicted molar refractivity (Wildman–Crippen MR) is 66.2 cm³/mol. The van der Waals surface area contributed by atoms with E-state index in [9.17, 15) is 0 Å². The molecule has 16 heavy (non-hydrogen) atoms. The molecular weight excluding hydrogens is 200 g/mol. The highest BCUT2D eigenvalue weighted by Crippen LogP contribution is 2.25. The highest BCUT2D eigenvalue weighted by molar-refractivity contribution is 4.94. The van der Waals surface area contributed by atoms with E-state index in [-0.39, 0.29) is 0 Å². The van der Waals surface area contributed by atoms with Crippen molar-refractivity contribution in [1.82, 2.24) is 14.8 Å². The fourth-order valence-electron chi connectivity index (χ4n) is 1.99. The second kappa shape index (κ2) is 5.43. The quantitative estimate of drug-likeness (QED) is 0.803. The molecule has 0 bridgehead atoms. The van der Waals surface area contributed by atoms with Crippen LogP contribution in [0.1, 0.15) is 45.3 Å². The van der Waals surface area contributed by atoms with Crippen LogP contribution in [0.25, 0.3) is 0 Å². The molecule has 0 radical (unpaired) electrons. The summed E-state index contributed by atoms with van der Waals surface area (Å²) in [4.78, 5) is 0. The van der Waals surface area contributed by atoms with Crippen LogP contribution in [0.2, 0.25) is 0 Å². The lowest BCUT2D eigenvalue weighted by molar-refractivity contribution is 0.309. The summed E-state index contributed by atoms with van der Waals surface area (Å²) in [7, 11) is 0. The average molecular weight is 224 g/mol. The van der Waals surface area contributed by atoms with Crippen molar-refractivity contribution in [3.05, 3.63) is 11.6 Å². The number of hydrogen-bond acceptors (Lipinski definition) is 3. The van der Waals surface area contributed by atoms with Crippen LogP contribution in [0.3, 0.4) is 0 Å². The van der Waals surface area contributed by atoms with Gasteiger partial charge in [0.15, 0.2) is 0 Å². The number of hydrogen-bond donors (Lipinski definition) is 1. The maximum absolute atomic E-state index is 5.61. The maximum atomic E-state index is 5.61. The Balaban J connectivity index is 2.60. The van der Waals surface area contributed by atoms with Gasteiger partial charge in [0.05, 0.1) is 0 Å². The smallest absolute Gasteiger partial charge is 0.133 e. The van der Waals surface area contributed by atoms with Gasteiger partial charge in [-0.15, -0.1) is 10.2 Å². The Morgan fingerprint density at radius 3 is 2.50 bits per heavy atom. The van der Waals surface area contributed by atoms with Crippen LogP contribution in [0.5, 0.6) is 0 Å². The lowest BCUT2D eigenvalue weighted by Crippen LogP contribution is -2.18. The molecule has 1 heterocycles. The molecule has 1 rings (SSSR count). The molecule has 4 nitrogen and oxygen atoms in total. The number of aromatic nitrogens is 3. The Kier molecular flexibility index (Phi) is 4.47. The van der Waals surface area contributed by atoms with Gasteiger partial charge in [0.1, 0.15) is 11.6 Å². The van der Waals surface area contributed by atoms with Crippen LogP contribution in [-0.4, -0.2) is 21.3 Å². The number of rotatable bonds is 6. The molecule has 0 aliphatic carbocycles. The van der Waals surface area contributed by atoms with Gasteiger partial charge >= 0.3 is 0 Å². The molecule has 1 aromatic heterocycles. The Labute approximate surface area is 98.2 Å². The van der Waals surface area contributed by atoms with Gasteiger partial charge < -0.3 is 10.3 Å². The SMILES string of the molecule is CCn1c(C)nnc1CCC(C)(C)CCN. The minimum Gasteiger partial charge on any atom is -0.330 e. The molecule has 4 heteroatoms. The van der Waals surface area contributed by atoms with Crippen molar-refractivity contribution < 1.29 is 0 Å². The van der Waals surface area contributed by atoms with Crippen molar-refractivity contribution in [3.63, 3.8) is 0 Å². The van der Waals surface area contributed by atoms with Gasteiger partial charge in [0.25, 0.3) is 0 Å². The lowest BCUT2D eigenvalue weighted by atomic mass is 9.84. The van der Waals surface area contributed by atoms with Gasteiger partial charge in [-0.1, -0.05) is 13.8 Å². The molecular formula is C12H24N4. The second-order valence-electron chi connectivity index (χ2n) is 5.11. The summed E-state index contributed by atoms with van der Waals surface area (Å²) >= 11 is 0. The summed E-state index contributed by atoms with van der Waals surface area (Å²) in [6.07, 6.45) is 3.16. The molecule has 1 aromatic rings. The molecule has 0 aliphatic rings. The first kappa shape index (κ1) is 13.2. The molecule has 2 N–H and O–H groups in total. The van der Waals surface area contributed by atoms with E-state index in [1.165, 1.54) is 0 Å². The van der Waals surface area contributed by atoms with Crippen molar-refractivity contribution >= 4 is 0 Å². The van der Waals surface area contributed by atoms with Crippen LogP contribution in [0, 0.1) is 12.3 Å². The average Bonchev–Trinajstić information content (AvgIpc) is 2.56. The Morgan fingerprint density at radius 1 is 1.25 bits per heavy atom. The highest BCUT2D eigenvalue weighted by Gasteiger charge is 2.18. The monoisotopic (exact) mass is 224 g/mol. The first-order valence-corrected chi connectivity index (χ1v) is 6.09. The standard InChI is InChI=1S/C12H24N4/c1-5-16-10(2)14-15-11(16)6-7-12(3,4)8-9-13/h5-9,13H2,1-4H3. The number of nitrogens with two attached hydrogens (primary N) is 1. The third-order valence-electron chi connectivity index (χ3n) is 3.18. The summed E-state index contributed by atoms with van der Waals surface area (Å²) in [5.41, 5.74) is 5.91. The Morgan fingerprint density at radius 2 is 1.94 bits per heavy atom. The Hall–Kier alpha value is -0.900. The van der Waals surface area contributed by atoms with Crippen molar-refractivity contribution in [2.24, 2.45) is 11.1 Å². The van der Waals surface area contributed by atoms with E-state index >= 15 is 0 Å². The topological polar surface area (TPSA) is 56.7 Å². The van der Waals surface area contributed by atoms with E-state index in [2.05, 4.69) is 35.5 Å². The van der Waals surface area contributed by atoms with Gasteiger partial charge in [-0.3, -0.25) is 0 Å². The molecule has 0 unspecified atom stereocenters. The van der Waals surface area contributed by atoms with E-state index in [0.29, 0.717) is 5.41 Å². The van der Waals surface area contributed by atoms with Crippen molar-refractivity contribution in [1.29, 1.82) is 0 Å². The third-order valence-corrected chi connectivity index (χ3v) is 3.18. The molecule has 0 fully saturated rings. The highest BCUT2D eigenvalue weighted by atomic mass is 15.3. The molecule has 0 aliphatic heterocycles. The summed E-state index contributed by atoms with van der Waals surface area (Å²) in [5.74, 6) is 2.11. The van der Waals surface area contributed by atoms with Crippen LogP contribution in [-0.2, 0) is 13.0 Å². The van der Waals surface area contributed by atoms with Crippen molar-refractivity contribution in [2.75, 3.05) is 6.54 Å². The summed E-state index contributed by atoms with van der Waals surface area (Å²) in [6.45, 7) is 10.4. The minimum atomic E-state index is 0.299. The molecule has 0 amide bonds. The van der Waals surface area contributed by atoms with E-state index in [0.717, 1.165) is 44.0 Å². The largest absolute Gasteiger partial charge is 0.330 e. The first-order chi connectivity index (χ1) is 7.50. The van der Waals surface area contributed by atoms with Crippen LogP contribution in [0.15, 0.2) is 0 Å². The molecule has 0 aromatic carbocycles. The Bertz CT molecular complexity index is 328. The van der Waals surface area contributed by atoms with Crippen LogP contribution in [0.4, 0.5) is 0 Å². The van der Waals surface area contributed by atoms with Crippen molar-refractivity contribution in [2.45, 2.75) is 53.5 Å². The normalized spacial score (nSPS) is 12.1. The van der Waals surface area contributed by atoms with E-state index in [4.69, 9.17) is 5.73 Å². The lowest BCUT2D eigenvalue weighted by Gasteiger charge is -2.23. The van der Waals surface area contributed by atoms with Crippen molar-refractivity contribution in [3.8, 4) is 0 Å². The van der Waals surface area contributed by atoms with Gasteiger partial charge in [0, 0.05) is 13.0 Å². The van der Waals surface area contributed by atoms with Crippen LogP contribution < -0.4 is 5.73 Å². The van der Waals surface area contributed by atoms with Gasteiger partial charge in [0.2, 0.25) is 0 Å². The van der Waals surface area contributed by atoms with Gasteiger partial charge in [-0.25, -0.2) is 0 Å². The molecule has 0 saturated heterocycles. The van der Waals surface area contributed by atoms with Gasteiger partial charge in [-0.2, -0.15) is 0 Å². The number of nitrogens with zero attached hydrogens (tertiary/aromatic N) is 3. The van der Waals surface area contributed by atoms with E-state index < -0.39 is 0 Å². The number of aryl methyl sites for hydroxylation is 2. The fraction of sp³-hybridized carbons (Fsp3) is 0.833. The first-order valence-electron chi connectivity index (χ1n) is 6.09. The van der Waals surface area contributed by atoms with E-state index in [1.54, 1.807) is 0 Å².